The minimum atomic E-state index is -2.38. The summed E-state index contributed by atoms with van der Waals surface area (Å²) >= 11 is 0. The lowest BCUT2D eigenvalue weighted by Gasteiger charge is -2.01. The van der Waals surface area contributed by atoms with E-state index in [1.165, 1.54) is 7.11 Å². The molecular weight excluding hydrogens is 144 g/mol. The van der Waals surface area contributed by atoms with Crippen LogP contribution in [-0.2, 0) is 4.74 Å². The van der Waals surface area contributed by atoms with Crippen molar-refractivity contribution in [1.82, 2.24) is 5.32 Å². The van der Waals surface area contributed by atoms with E-state index >= 15 is 0 Å². The lowest BCUT2D eigenvalue weighted by atomic mass is 10.4. The number of nitrogens with one attached hydrogen (secondary N) is 1. The number of alkyl halides is 2. The Morgan fingerprint density at radius 3 is 2.70 bits per heavy atom. The third kappa shape index (κ3) is 5.27. The topological polar surface area (TPSA) is 38.3 Å². The molecule has 60 valence electrons. The van der Waals surface area contributed by atoms with E-state index in [4.69, 9.17) is 0 Å². The Balaban J connectivity index is 3.12. The van der Waals surface area contributed by atoms with Crippen molar-refractivity contribution in [1.29, 1.82) is 0 Å². The van der Waals surface area contributed by atoms with Crippen molar-refractivity contribution in [3.63, 3.8) is 0 Å². The van der Waals surface area contributed by atoms with Gasteiger partial charge in [0.15, 0.2) is 0 Å². The van der Waals surface area contributed by atoms with E-state index in [9.17, 15) is 13.6 Å². The molecule has 3 nitrogen and oxygen atoms in total. The molecule has 0 bridgehead atoms. The predicted molar refractivity (Wildman–Crippen MR) is 31.0 cm³/mol. The highest BCUT2D eigenvalue weighted by Gasteiger charge is 2.02. The minimum Gasteiger partial charge on any atom is -0.453 e. The van der Waals surface area contributed by atoms with Gasteiger partial charge in [-0.1, -0.05) is 0 Å². The molecule has 0 aromatic rings. The van der Waals surface area contributed by atoms with Crippen LogP contribution in [0.1, 0.15) is 6.42 Å². The van der Waals surface area contributed by atoms with Gasteiger partial charge in [-0.15, -0.1) is 0 Å². The number of methoxy groups -OCH3 is 1. The van der Waals surface area contributed by atoms with Crippen LogP contribution in [0, 0.1) is 0 Å². The molecule has 0 aliphatic heterocycles. The number of amides is 1. The van der Waals surface area contributed by atoms with Crippen molar-refractivity contribution in [2.75, 3.05) is 13.7 Å². The number of halogens is 2. The second kappa shape index (κ2) is 4.96. The summed E-state index contributed by atoms with van der Waals surface area (Å²) in [6, 6.07) is 0. The number of ether oxygens (including phenoxy) is 1. The van der Waals surface area contributed by atoms with E-state index in [1.807, 2.05) is 0 Å². The third-order valence-electron chi connectivity index (χ3n) is 0.817. The molecular formula is C5H9F2NO2. The van der Waals surface area contributed by atoms with Gasteiger partial charge in [0.05, 0.1) is 7.11 Å². The maximum atomic E-state index is 11.4. The van der Waals surface area contributed by atoms with Crippen LogP contribution in [0.3, 0.4) is 0 Å². The molecule has 0 unspecified atom stereocenters. The fraction of sp³-hybridized carbons (Fsp3) is 0.800. The summed E-state index contributed by atoms with van der Waals surface area (Å²) in [5, 5.41) is 2.12. The van der Waals surface area contributed by atoms with E-state index in [2.05, 4.69) is 10.1 Å². The number of hydrogen-bond acceptors (Lipinski definition) is 2. The molecule has 1 amide bonds. The maximum absolute atomic E-state index is 11.4. The molecule has 0 saturated carbocycles. The number of rotatable bonds is 3. The van der Waals surface area contributed by atoms with Crippen LogP contribution in [0.2, 0.25) is 0 Å². The van der Waals surface area contributed by atoms with Gasteiger partial charge < -0.3 is 10.1 Å². The molecule has 1 N–H and O–H groups in total. The first-order valence-corrected chi connectivity index (χ1v) is 2.76. The second-order valence-corrected chi connectivity index (χ2v) is 1.60. The van der Waals surface area contributed by atoms with Crippen molar-refractivity contribution >= 4 is 6.09 Å². The van der Waals surface area contributed by atoms with Gasteiger partial charge in [0.1, 0.15) is 0 Å². The summed E-state index contributed by atoms with van der Waals surface area (Å²) in [5.74, 6) is 0. The zero-order valence-corrected chi connectivity index (χ0v) is 5.56. The second-order valence-electron chi connectivity index (χ2n) is 1.60. The lowest BCUT2D eigenvalue weighted by Crippen LogP contribution is -2.25. The zero-order valence-electron chi connectivity index (χ0n) is 5.56. The van der Waals surface area contributed by atoms with Gasteiger partial charge in [0.25, 0.3) is 0 Å². The van der Waals surface area contributed by atoms with Crippen LogP contribution in [-0.4, -0.2) is 26.2 Å². The molecule has 0 aliphatic carbocycles. The smallest absolute Gasteiger partial charge is 0.406 e. The van der Waals surface area contributed by atoms with E-state index in [0.717, 1.165) is 0 Å². The highest BCUT2D eigenvalue weighted by molar-refractivity contribution is 5.66. The number of hydrogen-bond donors (Lipinski definition) is 1. The van der Waals surface area contributed by atoms with Crippen molar-refractivity contribution < 1.29 is 18.3 Å². The highest BCUT2D eigenvalue weighted by atomic mass is 19.3. The Morgan fingerprint density at radius 1 is 1.70 bits per heavy atom. The summed E-state index contributed by atoms with van der Waals surface area (Å²) in [5.41, 5.74) is 0. The molecule has 0 aromatic carbocycles. The third-order valence-corrected chi connectivity index (χ3v) is 0.817. The number of alkyl carbamates (subject to hydrolysis) is 1. The molecule has 0 aliphatic rings. The standard InChI is InChI=1S/C5H9F2NO2/c1-10-5(9)8-3-2-4(6)7/h4H,2-3H2,1H3,(H,8,9). The average Bonchev–Trinajstić information content (AvgIpc) is 1.87. The van der Waals surface area contributed by atoms with Gasteiger partial charge in [-0.3, -0.25) is 0 Å². The van der Waals surface area contributed by atoms with Crippen molar-refractivity contribution in [3.8, 4) is 0 Å². The Kier molecular flexibility index (Phi) is 4.53. The lowest BCUT2D eigenvalue weighted by molar-refractivity contribution is 0.133. The molecule has 10 heavy (non-hydrogen) atoms. The van der Waals surface area contributed by atoms with Crippen molar-refractivity contribution in [2.24, 2.45) is 0 Å². The molecule has 0 rings (SSSR count). The zero-order chi connectivity index (χ0) is 7.98. The predicted octanol–water partition coefficient (Wildman–Crippen LogP) is 0.998. The van der Waals surface area contributed by atoms with Gasteiger partial charge in [0.2, 0.25) is 6.43 Å². The van der Waals surface area contributed by atoms with Crippen LogP contribution in [0.4, 0.5) is 13.6 Å². The van der Waals surface area contributed by atoms with Gasteiger partial charge in [-0.05, 0) is 0 Å². The summed E-state index contributed by atoms with van der Waals surface area (Å²) < 4.78 is 26.9. The fourth-order valence-electron chi connectivity index (χ4n) is 0.356. The maximum Gasteiger partial charge on any atom is 0.406 e. The molecule has 0 spiro atoms. The summed E-state index contributed by atoms with van der Waals surface area (Å²) in [6.45, 7) is -0.0513. The van der Waals surface area contributed by atoms with Crippen LogP contribution in [0.25, 0.3) is 0 Å². The monoisotopic (exact) mass is 153 g/mol. The van der Waals surface area contributed by atoms with Gasteiger partial charge in [-0.25, -0.2) is 13.6 Å². The molecule has 0 aromatic heterocycles. The Labute approximate surface area is 57.4 Å². The van der Waals surface area contributed by atoms with E-state index in [0.29, 0.717) is 0 Å². The Bertz CT molecular complexity index is 108. The SMILES string of the molecule is COC(=O)NCCC(F)F. The van der Waals surface area contributed by atoms with Crippen LogP contribution in [0.5, 0.6) is 0 Å². The quantitative estimate of drug-likeness (QED) is 0.656. The average molecular weight is 153 g/mol. The summed E-state index contributed by atoms with van der Waals surface area (Å²) in [6.07, 6.45) is -3.40. The first-order valence-electron chi connectivity index (χ1n) is 2.76. The first kappa shape index (κ1) is 9.13. The summed E-state index contributed by atoms with van der Waals surface area (Å²) in [7, 11) is 1.18. The minimum absolute atomic E-state index is 0.0513. The van der Waals surface area contributed by atoms with Crippen LogP contribution < -0.4 is 5.32 Å². The van der Waals surface area contributed by atoms with E-state index in [-0.39, 0.29) is 13.0 Å². The molecule has 0 atom stereocenters. The molecule has 0 saturated heterocycles. The number of carbonyl (C=O) groups excluding carboxylic acids is 1. The van der Waals surface area contributed by atoms with Crippen molar-refractivity contribution in [2.45, 2.75) is 12.8 Å². The largest absolute Gasteiger partial charge is 0.453 e. The number of carbonyl (C=O) groups is 1. The molecule has 0 heterocycles. The van der Waals surface area contributed by atoms with Gasteiger partial charge >= 0.3 is 6.09 Å². The Morgan fingerprint density at radius 2 is 2.30 bits per heavy atom. The van der Waals surface area contributed by atoms with E-state index < -0.39 is 12.5 Å². The normalized spacial score (nSPS) is 9.60. The molecule has 5 heteroatoms. The van der Waals surface area contributed by atoms with E-state index in [1.54, 1.807) is 0 Å². The fourth-order valence-corrected chi connectivity index (χ4v) is 0.356. The van der Waals surface area contributed by atoms with Gasteiger partial charge in [-0.2, -0.15) is 0 Å². The van der Waals surface area contributed by atoms with Gasteiger partial charge in [0, 0.05) is 13.0 Å². The first-order chi connectivity index (χ1) is 4.66. The molecule has 0 radical (unpaired) electrons. The van der Waals surface area contributed by atoms with Crippen LogP contribution >= 0.6 is 0 Å². The van der Waals surface area contributed by atoms with Crippen molar-refractivity contribution in [3.05, 3.63) is 0 Å². The highest BCUT2D eigenvalue weighted by Crippen LogP contribution is 1.95. The molecule has 0 fully saturated rings. The summed E-state index contributed by atoms with van der Waals surface area (Å²) in [4.78, 5) is 10.2. The Hall–Kier alpha value is -0.870. The van der Waals surface area contributed by atoms with Crippen LogP contribution in [0.15, 0.2) is 0 Å².